The highest BCUT2D eigenvalue weighted by molar-refractivity contribution is 7.91. The van der Waals surface area contributed by atoms with Gasteiger partial charge in [0.1, 0.15) is 5.78 Å². The maximum absolute atomic E-state index is 12.2. The highest BCUT2D eigenvalue weighted by atomic mass is 32.2. The van der Waals surface area contributed by atoms with Gasteiger partial charge in [-0.2, -0.15) is 0 Å². The standard InChI is InChI=1S/C15H18O3S/c16-15(8-11-6-7-19(17,18)10-11)14-9-13(14)12-4-2-1-3-5-12/h1-5,11,13-14H,6-10H2. The van der Waals surface area contributed by atoms with E-state index in [1.807, 2.05) is 18.2 Å². The molecule has 1 aliphatic carbocycles. The van der Waals surface area contributed by atoms with Gasteiger partial charge < -0.3 is 0 Å². The SMILES string of the molecule is O=C(CC1CCS(=O)(=O)C1)C1CC1c1ccccc1. The lowest BCUT2D eigenvalue weighted by Crippen LogP contribution is -2.12. The third-order valence-electron chi connectivity index (χ3n) is 4.25. The van der Waals surface area contributed by atoms with Gasteiger partial charge in [-0.3, -0.25) is 4.79 Å². The van der Waals surface area contributed by atoms with E-state index in [1.165, 1.54) is 5.56 Å². The summed E-state index contributed by atoms with van der Waals surface area (Å²) in [6, 6.07) is 10.1. The van der Waals surface area contributed by atoms with Crippen molar-refractivity contribution in [2.24, 2.45) is 11.8 Å². The minimum absolute atomic E-state index is 0.0644. The molecule has 3 rings (SSSR count). The molecule has 3 atom stereocenters. The van der Waals surface area contributed by atoms with Crippen LogP contribution in [0, 0.1) is 11.8 Å². The summed E-state index contributed by atoms with van der Waals surface area (Å²) in [4.78, 5) is 12.2. The second-order valence-corrected chi connectivity index (χ2v) is 8.03. The van der Waals surface area contributed by atoms with Crippen LogP contribution in [0.1, 0.15) is 30.7 Å². The molecule has 1 aromatic rings. The van der Waals surface area contributed by atoms with E-state index >= 15 is 0 Å². The number of hydrogen-bond donors (Lipinski definition) is 0. The van der Waals surface area contributed by atoms with E-state index in [1.54, 1.807) is 0 Å². The first-order valence-corrected chi connectivity index (χ1v) is 8.65. The monoisotopic (exact) mass is 278 g/mol. The fraction of sp³-hybridized carbons (Fsp3) is 0.533. The van der Waals surface area contributed by atoms with Gasteiger partial charge in [-0.15, -0.1) is 0 Å². The molecule has 0 N–H and O–H groups in total. The molecule has 3 nitrogen and oxygen atoms in total. The zero-order valence-electron chi connectivity index (χ0n) is 10.8. The molecule has 1 aromatic carbocycles. The summed E-state index contributed by atoms with van der Waals surface area (Å²) in [5.41, 5.74) is 1.24. The Labute approximate surface area is 113 Å². The van der Waals surface area contributed by atoms with E-state index in [-0.39, 0.29) is 29.1 Å². The van der Waals surface area contributed by atoms with Crippen molar-refractivity contribution in [1.82, 2.24) is 0 Å². The first kappa shape index (κ1) is 12.9. The largest absolute Gasteiger partial charge is 0.299 e. The van der Waals surface area contributed by atoms with Gasteiger partial charge in [0.25, 0.3) is 0 Å². The third kappa shape index (κ3) is 2.89. The molecule has 0 bridgehead atoms. The minimum Gasteiger partial charge on any atom is -0.299 e. The van der Waals surface area contributed by atoms with Crippen LogP contribution in [0.15, 0.2) is 30.3 Å². The molecule has 102 valence electrons. The number of carbonyl (C=O) groups is 1. The molecule has 2 fully saturated rings. The summed E-state index contributed by atoms with van der Waals surface area (Å²) in [7, 11) is -2.86. The Bertz CT molecular complexity index is 577. The lowest BCUT2D eigenvalue weighted by molar-refractivity contribution is -0.121. The summed E-state index contributed by atoms with van der Waals surface area (Å²) in [6.07, 6.45) is 2.05. The van der Waals surface area contributed by atoms with E-state index in [0.29, 0.717) is 18.8 Å². The Hall–Kier alpha value is -1.16. The van der Waals surface area contributed by atoms with E-state index in [2.05, 4.69) is 12.1 Å². The Morgan fingerprint density at radius 3 is 2.58 bits per heavy atom. The summed E-state index contributed by atoms with van der Waals surface area (Å²) in [5, 5.41) is 0. The van der Waals surface area contributed by atoms with Crippen molar-refractivity contribution in [3.63, 3.8) is 0 Å². The molecule has 2 aliphatic rings. The molecular formula is C15H18O3S. The van der Waals surface area contributed by atoms with Crippen molar-refractivity contribution in [2.75, 3.05) is 11.5 Å². The summed E-state index contributed by atoms with van der Waals surface area (Å²) >= 11 is 0. The van der Waals surface area contributed by atoms with Crippen LogP contribution in [-0.4, -0.2) is 25.7 Å². The van der Waals surface area contributed by atoms with Gasteiger partial charge in [0, 0.05) is 12.3 Å². The Kier molecular flexibility index (Phi) is 3.21. The number of sulfone groups is 1. The molecular weight excluding hydrogens is 260 g/mol. The molecule has 0 amide bonds. The Morgan fingerprint density at radius 2 is 1.95 bits per heavy atom. The molecule has 1 aliphatic heterocycles. The van der Waals surface area contributed by atoms with Gasteiger partial charge in [0.2, 0.25) is 0 Å². The van der Waals surface area contributed by atoms with Crippen molar-refractivity contribution in [3.8, 4) is 0 Å². The molecule has 0 aromatic heterocycles. The average Bonchev–Trinajstić information content (AvgIpc) is 3.11. The maximum atomic E-state index is 12.2. The first-order chi connectivity index (χ1) is 9.05. The van der Waals surface area contributed by atoms with Gasteiger partial charge in [-0.25, -0.2) is 8.42 Å². The number of ketones is 1. The maximum Gasteiger partial charge on any atom is 0.150 e. The van der Waals surface area contributed by atoms with Gasteiger partial charge in [0.05, 0.1) is 11.5 Å². The van der Waals surface area contributed by atoms with Gasteiger partial charge in [-0.1, -0.05) is 30.3 Å². The normalized spacial score (nSPS) is 32.1. The second kappa shape index (κ2) is 4.75. The number of Topliss-reactive ketones (excluding diaryl/α,β-unsaturated/α-hetero) is 1. The Balaban J connectivity index is 1.56. The van der Waals surface area contributed by atoms with Crippen LogP contribution in [0.25, 0.3) is 0 Å². The Morgan fingerprint density at radius 1 is 1.21 bits per heavy atom. The number of benzene rings is 1. The van der Waals surface area contributed by atoms with Gasteiger partial charge in [0.15, 0.2) is 9.84 Å². The number of carbonyl (C=O) groups excluding carboxylic acids is 1. The van der Waals surface area contributed by atoms with E-state index in [9.17, 15) is 13.2 Å². The van der Waals surface area contributed by atoms with E-state index < -0.39 is 9.84 Å². The number of hydrogen-bond acceptors (Lipinski definition) is 3. The molecule has 0 radical (unpaired) electrons. The molecule has 1 heterocycles. The lowest BCUT2D eigenvalue weighted by Gasteiger charge is -2.06. The molecule has 0 spiro atoms. The summed E-state index contributed by atoms with van der Waals surface area (Å²) < 4.78 is 22.8. The minimum atomic E-state index is -2.86. The van der Waals surface area contributed by atoms with Crippen LogP contribution in [0.3, 0.4) is 0 Å². The second-order valence-electron chi connectivity index (χ2n) is 5.80. The smallest absolute Gasteiger partial charge is 0.150 e. The van der Waals surface area contributed by atoms with Crippen molar-refractivity contribution < 1.29 is 13.2 Å². The molecule has 3 unspecified atom stereocenters. The predicted octanol–water partition coefficient (Wildman–Crippen LogP) is 2.18. The third-order valence-corrected chi connectivity index (χ3v) is 6.09. The quantitative estimate of drug-likeness (QED) is 0.848. The van der Waals surface area contributed by atoms with Crippen LogP contribution in [-0.2, 0) is 14.6 Å². The van der Waals surface area contributed by atoms with Gasteiger partial charge in [-0.05, 0) is 30.2 Å². The van der Waals surface area contributed by atoms with Crippen LogP contribution < -0.4 is 0 Å². The zero-order chi connectivity index (χ0) is 13.5. The van der Waals surface area contributed by atoms with Crippen molar-refractivity contribution in [3.05, 3.63) is 35.9 Å². The van der Waals surface area contributed by atoms with Crippen LogP contribution in [0.5, 0.6) is 0 Å². The zero-order valence-corrected chi connectivity index (χ0v) is 11.6. The van der Waals surface area contributed by atoms with Crippen LogP contribution in [0.2, 0.25) is 0 Å². The first-order valence-electron chi connectivity index (χ1n) is 6.83. The fourth-order valence-electron chi connectivity index (χ4n) is 3.09. The van der Waals surface area contributed by atoms with Crippen molar-refractivity contribution in [2.45, 2.75) is 25.2 Å². The topological polar surface area (TPSA) is 51.2 Å². The molecule has 19 heavy (non-hydrogen) atoms. The van der Waals surface area contributed by atoms with Gasteiger partial charge >= 0.3 is 0 Å². The van der Waals surface area contributed by atoms with Crippen LogP contribution >= 0.6 is 0 Å². The van der Waals surface area contributed by atoms with Crippen molar-refractivity contribution >= 4 is 15.6 Å². The fourth-order valence-corrected chi connectivity index (χ4v) is 4.95. The summed E-state index contributed by atoms with van der Waals surface area (Å²) in [6.45, 7) is 0. The van der Waals surface area contributed by atoms with E-state index in [4.69, 9.17) is 0 Å². The van der Waals surface area contributed by atoms with E-state index in [0.717, 1.165) is 6.42 Å². The highest BCUT2D eigenvalue weighted by Crippen LogP contribution is 2.49. The van der Waals surface area contributed by atoms with Crippen molar-refractivity contribution in [1.29, 1.82) is 0 Å². The predicted molar refractivity (Wildman–Crippen MR) is 73.7 cm³/mol. The highest BCUT2D eigenvalue weighted by Gasteiger charge is 2.44. The average molecular weight is 278 g/mol. The molecule has 4 heteroatoms. The molecule has 1 saturated carbocycles. The lowest BCUT2D eigenvalue weighted by atomic mass is 9.98. The molecule has 1 saturated heterocycles. The number of rotatable bonds is 4. The van der Waals surface area contributed by atoms with Crippen LogP contribution in [0.4, 0.5) is 0 Å². The summed E-state index contributed by atoms with van der Waals surface area (Å²) in [5.74, 6) is 1.29.